The zero-order valence-corrected chi connectivity index (χ0v) is 24.1. The van der Waals surface area contributed by atoms with Crippen LogP contribution in [0.15, 0.2) is 16.9 Å². The number of pyridine rings is 1. The number of rotatable bonds is 5. The van der Waals surface area contributed by atoms with Crippen LogP contribution in [0.1, 0.15) is 73.3 Å². The summed E-state index contributed by atoms with van der Waals surface area (Å²) < 4.78 is 23.8. The second kappa shape index (κ2) is 10.7. The molecule has 0 bridgehead atoms. The summed E-state index contributed by atoms with van der Waals surface area (Å²) >= 11 is 6.53. The van der Waals surface area contributed by atoms with E-state index in [0.717, 1.165) is 11.3 Å². The van der Waals surface area contributed by atoms with Crippen molar-refractivity contribution in [2.45, 2.75) is 91.4 Å². The minimum absolute atomic E-state index is 0.0674. The van der Waals surface area contributed by atoms with Gasteiger partial charge in [-0.1, -0.05) is 11.6 Å². The molecule has 3 heterocycles. The lowest BCUT2D eigenvalue weighted by Gasteiger charge is -2.37. The largest absolute Gasteiger partial charge is 0.446 e. The molecule has 3 N–H and O–H groups in total. The summed E-state index contributed by atoms with van der Waals surface area (Å²) in [5.41, 5.74) is 2.09. The van der Waals surface area contributed by atoms with E-state index in [9.17, 15) is 14.4 Å². The second-order valence-electron chi connectivity index (χ2n) is 11.3. The molecular weight excluding hydrogens is 526 g/mol. The number of ether oxygens (including phenoxy) is 4. The highest BCUT2D eigenvalue weighted by atomic mass is 35.5. The lowest BCUT2D eigenvalue weighted by atomic mass is 9.99. The molecule has 1 saturated heterocycles. The normalized spacial score (nSPS) is 22.4. The highest BCUT2D eigenvalue weighted by Crippen LogP contribution is 2.49. The highest BCUT2D eigenvalue weighted by molar-refractivity contribution is 6.33. The third-order valence-electron chi connectivity index (χ3n) is 6.79. The number of H-pyrrole nitrogens is 1. The number of alkyl carbamates (subject to hydrolysis) is 1. The van der Waals surface area contributed by atoms with Crippen LogP contribution >= 0.6 is 11.6 Å². The number of aromatic nitrogens is 1. The van der Waals surface area contributed by atoms with Gasteiger partial charge in [-0.25, -0.2) is 4.79 Å². The monoisotopic (exact) mass is 561 g/mol. The lowest BCUT2D eigenvalue weighted by Crippen LogP contribution is -2.54. The Morgan fingerprint density at radius 1 is 1.15 bits per heavy atom. The second-order valence-corrected chi connectivity index (χ2v) is 11.7. The maximum Gasteiger partial charge on any atom is 0.407 e. The fraction of sp³-hybridized carbons (Fsp3) is 0.536. The van der Waals surface area contributed by atoms with Crippen molar-refractivity contribution in [2.75, 3.05) is 6.61 Å². The molecule has 1 fully saturated rings. The Balaban J connectivity index is 1.42. The molecule has 2 aliphatic rings. The molecule has 1 aromatic heterocycles. The number of nitrogens with one attached hydrogen (secondary N) is 3. The van der Waals surface area contributed by atoms with Crippen LogP contribution in [-0.2, 0) is 16.0 Å². The van der Waals surface area contributed by atoms with Crippen molar-refractivity contribution < 1.29 is 28.5 Å². The van der Waals surface area contributed by atoms with Crippen molar-refractivity contribution in [1.82, 2.24) is 15.6 Å². The SMILES string of the molecule is Cc1cc(C)c(CNC(=O)c2cc(Cl)c3c(c2C)OC(C)([C@@H]2CC[C@@H](NC(=O)OC(C)(C)C)CO2)O3)c(=O)[nH]1. The van der Waals surface area contributed by atoms with Crippen molar-refractivity contribution in [3.8, 4) is 11.5 Å². The number of aryl methyl sites for hydroxylation is 2. The minimum Gasteiger partial charge on any atom is -0.446 e. The Labute approximate surface area is 232 Å². The van der Waals surface area contributed by atoms with Crippen molar-refractivity contribution in [2.24, 2.45) is 0 Å². The van der Waals surface area contributed by atoms with Crippen molar-refractivity contribution in [1.29, 1.82) is 0 Å². The van der Waals surface area contributed by atoms with Gasteiger partial charge in [-0.2, -0.15) is 0 Å². The first-order chi connectivity index (χ1) is 18.2. The van der Waals surface area contributed by atoms with Crippen molar-refractivity contribution >= 4 is 23.6 Å². The number of carbonyl (C=O) groups is 2. The first kappa shape index (κ1) is 28.8. The Morgan fingerprint density at radius 2 is 1.85 bits per heavy atom. The molecule has 0 spiro atoms. The highest BCUT2D eigenvalue weighted by Gasteiger charge is 2.48. The third-order valence-corrected chi connectivity index (χ3v) is 7.07. The third kappa shape index (κ3) is 6.33. The van der Waals surface area contributed by atoms with E-state index in [1.807, 2.05) is 33.8 Å². The van der Waals surface area contributed by atoms with Crippen molar-refractivity contribution in [3.63, 3.8) is 0 Å². The molecule has 3 atom stereocenters. The molecule has 2 aromatic rings. The number of fused-ring (bicyclic) bond motifs is 1. The smallest absolute Gasteiger partial charge is 0.407 e. The number of halogens is 1. The van der Waals surface area contributed by atoms with Gasteiger partial charge in [0.25, 0.3) is 17.3 Å². The first-order valence-electron chi connectivity index (χ1n) is 13.0. The Kier molecular flexibility index (Phi) is 7.91. The molecule has 0 saturated carbocycles. The number of aromatic amines is 1. The summed E-state index contributed by atoms with van der Waals surface area (Å²) in [4.78, 5) is 40.3. The van der Waals surface area contributed by atoms with Gasteiger partial charge in [-0.15, -0.1) is 0 Å². The summed E-state index contributed by atoms with van der Waals surface area (Å²) in [5.74, 6) is -0.845. The topological polar surface area (TPSA) is 128 Å². The molecular formula is C28H36ClN3O7. The van der Waals surface area contributed by atoms with Gasteiger partial charge in [0.2, 0.25) is 0 Å². The number of hydrogen-bond donors (Lipinski definition) is 3. The molecule has 4 rings (SSSR count). The molecule has 2 aliphatic heterocycles. The van der Waals surface area contributed by atoms with E-state index in [1.165, 1.54) is 6.07 Å². The van der Waals surface area contributed by atoms with E-state index in [2.05, 4.69) is 15.6 Å². The van der Waals surface area contributed by atoms with Crippen LogP contribution < -0.4 is 25.7 Å². The number of hydrogen-bond acceptors (Lipinski definition) is 7. The molecule has 1 aromatic carbocycles. The van der Waals surface area contributed by atoms with Gasteiger partial charge in [0, 0.05) is 35.9 Å². The van der Waals surface area contributed by atoms with Gasteiger partial charge in [0.05, 0.1) is 17.7 Å². The molecule has 1 unspecified atom stereocenters. The van der Waals surface area contributed by atoms with Gasteiger partial charge in [-0.05, 0) is 72.1 Å². The van der Waals surface area contributed by atoms with Gasteiger partial charge in [0.15, 0.2) is 11.5 Å². The lowest BCUT2D eigenvalue weighted by molar-refractivity contribution is -0.185. The summed E-state index contributed by atoms with van der Waals surface area (Å²) in [6, 6.07) is 3.19. The number of amides is 2. The van der Waals surface area contributed by atoms with Crippen LogP contribution in [0.3, 0.4) is 0 Å². The minimum atomic E-state index is -1.17. The zero-order valence-electron chi connectivity index (χ0n) is 23.4. The van der Waals surface area contributed by atoms with Gasteiger partial charge in [0.1, 0.15) is 11.7 Å². The van der Waals surface area contributed by atoms with E-state index in [0.29, 0.717) is 41.0 Å². The van der Waals surface area contributed by atoms with E-state index in [1.54, 1.807) is 20.8 Å². The van der Waals surface area contributed by atoms with Gasteiger partial charge in [-0.3, -0.25) is 9.59 Å². The predicted octanol–water partition coefficient (Wildman–Crippen LogP) is 4.44. The maximum absolute atomic E-state index is 13.1. The summed E-state index contributed by atoms with van der Waals surface area (Å²) in [6.45, 7) is 12.9. The van der Waals surface area contributed by atoms with E-state index in [-0.39, 0.29) is 29.8 Å². The fourth-order valence-corrected chi connectivity index (χ4v) is 5.06. The molecule has 11 heteroatoms. The molecule has 0 aliphatic carbocycles. The molecule has 10 nitrogen and oxygen atoms in total. The van der Waals surface area contributed by atoms with Crippen LogP contribution in [0.4, 0.5) is 4.79 Å². The number of benzene rings is 1. The average molecular weight is 562 g/mol. The van der Waals surface area contributed by atoms with Crippen LogP contribution in [0.2, 0.25) is 5.02 Å². The summed E-state index contributed by atoms with van der Waals surface area (Å²) in [7, 11) is 0. The summed E-state index contributed by atoms with van der Waals surface area (Å²) in [5, 5.41) is 5.87. The first-order valence-corrected chi connectivity index (χ1v) is 13.3. The molecule has 212 valence electrons. The van der Waals surface area contributed by atoms with Crippen molar-refractivity contribution in [3.05, 3.63) is 55.5 Å². The fourth-order valence-electron chi connectivity index (χ4n) is 4.83. The Hall–Kier alpha value is -3.24. The average Bonchev–Trinajstić information content (AvgIpc) is 3.19. The number of carbonyl (C=O) groups excluding carboxylic acids is 2. The van der Waals surface area contributed by atoms with Crippen LogP contribution in [0.5, 0.6) is 11.5 Å². The quantitative estimate of drug-likeness (QED) is 0.492. The standard InChI is InChI=1S/C28H36ClN3O7/c1-14-10-15(2)31-25(34)19(14)12-30-24(33)18-11-20(29)23-22(16(18)3)37-28(7,38-23)21-9-8-17(13-36-21)32-26(35)39-27(4,5)6/h10-11,17,21H,8-9,12-13H2,1-7H3,(H,30,33)(H,31,34)(H,32,35)/t17-,21+,28?/m1/s1. The molecule has 39 heavy (non-hydrogen) atoms. The van der Waals surface area contributed by atoms with E-state index < -0.39 is 29.5 Å². The van der Waals surface area contributed by atoms with Crippen LogP contribution in [-0.4, -0.2) is 47.1 Å². The van der Waals surface area contributed by atoms with Crippen LogP contribution in [0.25, 0.3) is 0 Å². The molecule has 0 radical (unpaired) electrons. The van der Waals surface area contributed by atoms with Crippen LogP contribution in [0, 0.1) is 20.8 Å². The maximum atomic E-state index is 13.1. The van der Waals surface area contributed by atoms with Gasteiger partial charge >= 0.3 is 6.09 Å². The Morgan fingerprint density at radius 3 is 2.46 bits per heavy atom. The summed E-state index contributed by atoms with van der Waals surface area (Å²) in [6.07, 6.45) is 0.266. The van der Waals surface area contributed by atoms with E-state index >= 15 is 0 Å². The van der Waals surface area contributed by atoms with E-state index in [4.69, 9.17) is 30.5 Å². The Bertz CT molecular complexity index is 1340. The predicted molar refractivity (Wildman–Crippen MR) is 146 cm³/mol. The van der Waals surface area contributed by atoms with Gasteiger partial charge < -0.3 is 34.6 Å². The zero-order chi connectivity index (χ0) is 28.7. The molecule has 2 amide bonds.